The van der Waals surface area contributed by atoms with Gasteiger partial charge in [-0.25, -0.2) is 0 Å². The van der Waals surface area contributed by atoms with Crippen LogP contribution in [-0.4, -0.2) is 29.9 Å². The van der Waals surface area contributed by atoms with E-state index in [0.29, 0.717) is 24.4 Å². The summed E-state index contributed by atoms with van der Waals surface area (Å²) < 4.78 is 5.25. The summed E-state index contributed by atoms with van der Waals surface area (Å²) in [6, 6.07) is 15.3. The van der Waals surface area contributed by atoms with Crippen LogP contribution in [0.3, 0.4) is 0 Å². The second-order valence-electron chi connectivity index (χ2n) is 5.88. The van der Waals surface area contributed by atoms with E-state index in [1.807, 2.05) is 67.3 Å². The topological polar surface area (TPSA) is 46.6 Å². The smallest absolute Gasteiger partial charge is 0.308 e. The largest absolute Gasteiger partial charge is 0.426 e. The van der Waals surface area contributed by atoms with Crippen molar-refractivity contribution in [3.63, 3.8) is 0 Å². The maximum absolute atomic E-state index is 12.3. The van der Waals surface area contributed by atoms with Crippen molar-refractivity contribution in [2.75, 3.05) is 13.1 Å². The lowest BCUT2D eigenvalue weighted by molar-refractivity contribution is -0.131. The van der Waals surface area contributed by atoms with Gasteiger partial charge in [-0.2, -0.15) is 0 Å². The Morgan fingerprint density at radius 1 is 0.920 bits per heavy atom. The van der Waals surface area contributed by atoms with Crippen molar-refractivity contribution in [3.05, 3.63) is 65.2 Å². The van der Waals surface area contributed by atoms with Crippen LogP contribution in [0.5, 0.6) is 5.75 Å². The van der Waals surface area contributed by atoms with Crippen molar-refractivity contribution in [1.29, 1.82) is 0 Å². The summed E-state index contributed by atoms with van der Waals surface area (Å²) in [6.45, 7) is 6.79. The Labute approximate surface area is 149 Å². The first kappa shape index (κ1) is 18.7. The molecule has 0 spiro atoms. The molecule has 0 fully saturated rings. The average molecular weight is 339 g/mol. The van der Waals surface area contributed by atoms with Crippen LogP contribution in [0.4, 0.5) is 0 Å². The molecule has 0 aliphatic heterocycles. The fourth-order valence-corrected chi connectivity index (χ4v) is 2.75. The molecule has 1 amide bonds. The van der Waals surface area contributed by atoms with Crippen LogP contribution in [0.15, 0.2) is 48.5 Å². The van der Waals surface area contributed by atoms with Gasteiger partial charge in [-0.05, 0) is 56.0 Å². The second kappa shape index (κ2) is 9.02. The van der Waals surface area contributed by atoms with Gasteiger partial charge in [0.25, 0.3) is 5.91 Å². The zero-order chi connectivity index (χ0) is 18.2. The van der Waals surface area contributed by atoms with Gasteiger partial charge in [0.05, 0.1) is 0 Å². The highest BCUT2D eigenvalue weighted by molar-refractivity contribution is 5.94. The number of carbonyl (C=O) groups is 2. The van der Waals surface area contributed by atoms with E-state index in [9.17, 15) is 9.59 Å². The Bertz CT molecular complexity index is 718. The highest BCUT2D eigenvalue weighted by Gasteiger charge is 2.12. The summed E-state index contributed by atoms with van der Waals surface area (Å²) in [5.41, 5.74) is 2.86. The molecule has 25 heavy (non-hydrogen) atoms. The Hall–Kier alpha value is -2.62. The van der Waals surface area contributed by atoms with Gasteiger partial charge in [0, 0.05) is 25.6 Å². The minimum atomic E-state index is -0.313. The first-order valence-electron chi connectivity index (χ1n) is 8.69. The van der Waals surface area contributed by atoms with Crippen LogP contribution in [0.1, 0.15) is 42.3 Å². The number of nitrogens with zero attached hydrogens (tertiary/aromatic N) is 1. The number of hydrogen-bond acceptors (Lipinski definition) is 3. The molecule has 2 rings (SSSR count). The molecule has 0 aromatic heterocycles. The number of benzene rings is 2. The first-order valence-corrected chi connectivity index (χ1v) is 8.69. The number of aryl methyl sites for hydroxylation is 2. The van der Waals surface area contributed by atoms with Crippen LogP contribution in [0.2, 0.25) is 0 Å². The molecule has 2 aromatic carbocycles. The van der Waals surface area contributed by atoms with E-state index in [1.165, 1.54) is 6.92 Å². The number of esters is 1. The van der Waals surface area contributed by atoms with Gasteiger partial charge >= 0.3 is 5.97 Å². The van der Waals surface area contributed by atoms with Crippen LogP contribution < -0.4 is 4.74 Å². The number of amides is 1. The zero-order valence-electron chi connectivity index (χ0n) is 15.1. The molecule has 4 heteroatoms. The molecule has 0 saturated heterocycles. The Kier molecular flexibility index (Phi) is 6.75. The third-order valence-electron chi connectivity index (χ3n) is 4.16. The third kappa shape index (κ3) is 5.18. The highest BCUT2D eigenvalue weighted by Crippen LogP contribution is 2.20. The van der Waals surface area contributed by atoms with Crippen LogP contribution in [0.25, 0.3) is 0 Å². The molecule has 0 unspecified atom stereocenters. The summed E-state index contributed by atoms with van der Waals surface area (Å²) in [7, 11) is 0. The summed E-state index contributed by atoms with van der Waals surface area (Å²) >= 11 is 0. The van der Waals surface area contributed by atoms with Gasteiger partial charge in [0.2, 0.25) is 0 Å². The van der Waals surface area contributed by atoms with Crippen molar-refractivity contribution in [1.82, 2.24) is 4.90 Å². The summed E-state index contributed by atoms with van der Waals surface area (Å²) in [4.78, 5) is 25.3. The molecule has 0 saturated carbocycles. The van der Waals surface area contributed by atoms with Gasteiger partial charge in [-0.15, -0.1) is 0 Å². The molecule has 0 aliphatic carbocycles. The Morgan fingerprint density at radius 3 is 2.16 bits per heavy atom. The molecule has 4 nitrogen and oxygen atoms in total. The third-order valence-corrected chi connectivity index (χ3v) is 4.16. The average Bonchev–Trinajstić information content (AvgIpc) is 2.62. The lowest BCUT2D eigenvalue weighted by atomic mass is 10.0. The molecule has 0 radical (unpaired) electrons. The summed E-state index contributed by atoms with van der Waals surface area (Å²) in [5, 5.41) is 0. The normalized spacial score (nSPS) is 10.4. The quantitative estimate of drug-likeness (QED) is 0.568. The van der Waals surface area contributed by atoms with E-state index < -0.39 is 0 Å². The molecule has 0 N–H and O–H groups in total. The molecule has 0 atom stereocenters. The van der Waals surface area contributed by atoms with E-state index in [2.05, 4.69) is 0 Å². The number of hydrogen-bond donors (Lipinski definition) is 0. The van der Waals surface area contributed by atoms with Crippen molar-refractivity contribution >= 4 is 11.9 Å². The lowest BCUT2D eigenvalue weighted by Crippen LogP contribution is -2.30. The van der Waals surface area contributed by atoms with Crippen LogP contribution in [-0.2, 0) is 17.6 Å². The van der Waals surface area contributed by atoms with Gasteiger partial charge < -0.3 is 9.64 Å². The van der Waals surface area contributed by atoms with Gasteiger partial charge in [-0.3, -0.25) is 9.59 Å². The molecule has 0 bridgehead atoms. The fraction of sp³-hybridized carbons (Fsp3) is 0.333. The SMILES string of the molecule is CCN(CC)C(=O)c1ccc(CCc2ccccc2OC(C)=O)cc1. The van der Waals surface area contributed by atoms with E-state index >= 15 is 0 Å². The highest BCUT2D eigenvalue weighted by atomic mass is 16.5. The minimum Gasteiger partial charge on any atom is -0.426 e. The zero-order valence-corrected chi connectivity index (χ0v) is 15.1. The Balaban J connectivity index is 2.03. The second-order valence-corrected chi connectivity index (χ2v) is 5.88. The molecule has 0 aliphatic rings. The maximum Gasteiger partial charge on any atom is 0.308 e. The predicted molar refractivity (Wildman–Crippen MR) is 98.9 cm³/mol. The molecule has 2 aromatic rings. The van der Waals surface area contributed by atoms with Gasteiger partial charge in [0.15, 0.2) is 0 Å². The standard InChI is InChI=1S/C21H25NO3/c1-4-22(5-2)21(24)19-14-11-17(12-15-19)10-13-18-8-6-7-9-20(18)25-16(3)23/h6-9,11-12,14-15H,4-5,10,13H2,1-3H3. The predicted octanol–water partition coefficient (Wildman–Crippen LogP) is 3.88. The van der Waals surface area contributed by atoms with Gasteiger partial charge in [-0.1, -0.05) is 30.3 Å². The lowest BCUT2D eigenvalue weighted by Gasteiger charge is -2.18. The van der Waals surface area contributed by atoms with Crippen LogP contribution in [0, 0.1) is 0 Å². The van der Waals surface area contributed by atoms with E-state index in [4.69, 9.17) is 4.74 Å². The first-order chi connectivity index (χ1) is 12.0. The van der Waals surface area contributed by atoms with Crippen molar-refractivity contribution < 1.29 is 14.3 Å². The van der Waals surface area contributed by atoms with E-state index in [1.54, 1.807) is 0 Å². The number of carbonyl (C=O) groups excluding carboxylic acids is 2. The van der Waals surface area contributed by atoms with Crippen molar-refractivity contribution in [2.45, 2.75) is 33.6 Å². The van der Waals surface area contributed by atoms with Gasteiger partial charge in [0.1, 0.15) is 5.75 Å². The molecular formula is C21H25NO3. The maximum atomic E-state index is 12.3. The summed E-state index contributed by atoms with van der Waals surface area (Å²) in [6.07, 6.45) is 1.59. The number of ether oxygens (including phenoxy) is 1. The van der Waals surface area contributed by atoms with Crippen molar-refractivity contribution in [3.8, 4) is 5.75 Å². The molecule has 132 valence electrons. The van der Waals surface area contributed by atoms with E-state index in [0.717, 1.165) is 24.0 Å². The molecular weight excluding hydrogens is 314 g/mol. The summed E-state index contributed by atoms with van der Waals surface area (Å²) in [5.74, 6) is 0.367. The number of para-hydroxylation sites is 1. The van der Waals surface area contributed by atoms with E-state index in [-0.39, 0.29) is 11.9 Å². The molecule has 0 heterocycles. The Morgan fingerprint density at radius 2 is 1.56 bits per heavy atom. The van der Waals surface area contributed by atoms with Crippen LogP contribution >= 0.6 is 0 Å². The van der Waals surface area contributed by atoms with Crippen molar-refractivity contribution in [2.24, 2.45) is 0 Å². The monoisotopic (exact) mass is 339 g/mol. The minimum absolute atomic E-state index is 0.0664. The fourth-order valence-electron chi connectivity index (χ4n) is 2.75. The number of rotatable bonds is 7.